The predicted molar refractivity (Wildman–Crippen MR) is 116 cm³/mol. The summed E-state index contributed by atoms with van der Waals surface area (Å²) in [6.07, 6.45) is 0.871. The van der Waals surface area contributed by atoms with Crippen molar-refractivity contribution in [2.45, 2.75) is 37.6 Å². The Morgan fingerprint density at radius 2 is 1.84 bits per heavy atom. The summed E-state index contributed by atoms with van der Waals surface area (Å²) in [7, 11) is -3.62. The summed E-state index contributed by atoms with van der Waals surface area (Å²) in [6.45, 7) is 3.58. The number of carbonyl (C=O) groups is 2. The summed E-state index contributed by atoms with van der Waals surface area (Å²) in [5.74, 6) is -0.790. The molecule has 0 spiro atoms. The lowest BCUT2D eigenvalue weighted by molar-refractivity contribution is -0.148. The number of aliphatic imine (C=N–C) groups is 1. The fourth-order valence-electron chi connectivity index (χ4n) is 3.14. The van der Waals surface area contributed by atoms with Crippen molar-refractivity contribution < 1.29 is 22.7 Å². The molecular weight excluding hydrogens is 418 g/mol. The highest BCUT2D eigenvalue weighted by Crippen LogP contribution is 2.22. The molecule has 0 saturated carbocycles. The molecule has 164 valence electrons. The number of aryl methyl sites for hydroxylation is 1. The zero-order chi connectivity index (χ0) is 22.4. The Morgan fingerprint density at radius 3 is 2.55 bits per heavy atom. The number of hydrogen-bond donors (Lipinski definition) is 2. The largest absolute Gasteiger partial charge is 0.456 e. The van der Waals surface area contributed by atoms with Gasteiger partial charge in [0.1, 0.15) is 5.84 Å². The van der Waals surface area contributed by atoms with Crippen molar-refractivity contribution in [3.05, 3.63) is 65.2 Å². The van der Waals surface area contributed by atoms with Gasteiger partial charge in [-0.25, -0.2) is 8.42 Å². The van der Waals surface area contributed by atoms with Gasteiger partial charge in [0, 0.05) is 5.56 Å². The highest BCUT2D eigenvalue weighted by molar-refractivity contribution is 7.90. The van der Waals surface area contributed by atoms with Crippen molar-refractivity contribution in [1.82, 2.24) is 10.0 Å². The van der Waals surface area contributed by atoms with E-state index in [1.807, 2.05) is 31.2 Å². The van der Waals surface area contributed by atoms with Crippen LogP contribution in [0.1, 0.15) is 43.0 Å². The second-order valence-electron chi connectivity index (χ2n) is 7.13. The van der Waals surface area contributed by atoms with Gasteiger partial charge in [0.25, 0.3) is 15.9 Å². The minimum Gasteiger partial charge on any atom is -0.456 e. The average Bonchev–Trinajstić information content (AvgIpc) is 3.02. The Balaban J connectivity index is 1.44. The van der Waals surface area contributed by atoms with Gasteiger partial charge >= 0.3 is 5.97 Å². The van der Waals surface area contributed by atoms with E-state index in [2.05, 4.69) is 22.0 Å². The van der Waals surface area contributed by atoms with E-state index in [0.29, 0.717) is 5.56 Å². The Hall–Kier alpha value is -3.20. The molecule has 1 heterocycles. The molecule has 0 saturated heterocycles. The smallest absolute Gasteiger partial charge is 0.308 e. The van der Waals surface area contributed by atoms with Crippen LogP contribution in [-0.4, -0.2) is 39.3 Å². The minimum absolute atomic E-state index is 0.0345. The molecule has 1 amide bonds. The number of amidine groups is 1. The van der Waals surface area contributed by atoms with E-state index in [1.54, 1.807) is 18.2 Å². The Kier molecular flexibility index (Phi) is 7.06. The molecule has 8 nitrogen and oxygen atoms in total. The van der Waals surface area contributed by atoms with Crippen LogP contribution < -0.4 is 10.0 Å². The van der Waals surface area contributed by atoms with Gasteiger partial charge in [0.05, 0.1) is 23.9 Å². The van der Waals surface area contributed by atoms with E-state index in [4.69, 9.17) is 4.74 Å². The molecule has 1 aliphatic rings. The van der Waals surface area contributed by atoms with Crippen molar-refractivity contribution in [3.8, 4) is 0 Å². The maximum atomic E-state index is 12.1. The van der Waals surface area contributed by atoms with E-state index in [9.17, 15) is 18.0 Å². The van der Waals surface area contributed by atoms with Gasteiger partial charge in [-0.2, -0.15) is 0 Å². The zero-order valence-corrected chi connectivity index (χ0v) is 18.2. The third-order valence-electron chi connectivity index (χ3n) is 4.88. The lowest BCUT2D eigenvalue weighted by atomic mass is 10.1. The van der Waals surface area contributed by atoms with Crippen LogP contribution in [0.4, 0.5) is 0 Å². The van der Waals surface area contributed by atoms with Crippen LogP contribution in [0.3, 0.4) is 0 Å². The van der Waals surface area contributed by atoms with E-state index < -0.39 is 21.9 Å². The fraction of sp³-hybridized carbons (Fsp3) is 0.318. The van der Waals surface area contributed by atoms with Crippen LogP contribution in [0.5, 0.6) is 0 Å². The normalized spacial score (nSPS) is 16.3. The predicted octanol–water partition coefficient (Wildman–Crippen LogP) is 2.10. The molecule has 0 bridgehead atoms. The molecule has 31 heavy (non-hydrogen) atoms. The van der Waals surface area contributed by atoms with Crippen molar-refractivity contribution in [2.24, 2.45) is 4.99 Å². The van der Waals surface area contributed by atoms with Crippen molar-refractivity contribution in [2.75, 3.05) is 13.2 Å². The molecule has 1 atom stereocenters. The monoisotopic (exact) mass is 443 g/mol. The highest BCUT2D eigenvalue weighted by atomic mass is 32.2. The number of amides is 1. The summed E-state index contributed by atoms with van der Waals surface area (Å²) >= 11 is 0. The Morgan fingerprint density at radius 1 is 1.13 bits per heavy atom. The molecular formula is C22H25N3O5S. The Bertz CT molecular complexity index is 1090. The second kappa shape index (κ2) is 9.74. The molecule has 0 radical (unpaired) electrons. The van der Waals surface area contributed by atoms with Gasteiger partial charge in [-0.1, -0.05) is 43.3 Å². The first-order chi connectivity index (χ1) is 14.8. The van der Waals surface area contributed by atoms with Crippen molar-refractivity contribution in [3.63, 3.8) is 0 Å². The number of sulfonamides is 1. The number of nitrogens with zero attached hydrogens (tertiary/aromatic N) is 1. The summed E-state index contributed by atoms with van der Waals surface area (Å²) < 4.78 is 31.4. The molecule has 2 aromatic rings. The maximum absolute atomic E-state index is 12.1. The summed E-state index contributed by atoms with van der Waals surface area (Å²) in [5, 5.41) is 2.79. The first-order valence-electron chi connectivity index (χ1n) is 10.0. The third-order valence-corrected chi connectivity index (χ3v) is 6.28. The van der Waals surface area contributed by atoms with Gasteiger partial charge in [-0.05, 0) is 36.6 Å². The molecule has 0 aliphatic carbocycles. The van der Waals surface area contributed by atoms with Gasteiger partial charge in [0.15, 0.2) is 6.61 Å². The molecule has 0 fully saturated rings. The lowest BCUT2D eigenvalue weighted by Crippen LogP contribution is -2.31. The fourth-order valence-corrected chi connectivity index (χ4v) is 4.39. The van der Waals surface area contributed by atoms with Crippen LogP contribution >= 0.6 is 0 Å². The third kappa shape index (κ3) is 5.69. The van der Waals surface area contributed by atoms with Gasteiger partial charge < -0.3 is 10.1 Å². The van der Waals surface area contributed by atoms with E-state index in [1.165, 1.54) is 11.6 Å². The van der Waals surface area contributed by atoms with Gasteiger partial charge in [-0.3, -0.25) is 19.3 Å². The summed E-state index contributed by atoms with van der Waals surface area (Å²) in [6, 6.07) is 14.2. The molecule has 1 aliphatic heterocycles. The quantitative estimate of drug-likeness (QED) is 0.607. The first-order valence-corrected chi connectivity index (χ1v) is 11.5. The van der Waals surface area contributed by atoms with E-state index in [0.717, 1.165) is 12.0 Å². The number of benzene rings is 2. The van der Waals surface area contributed by atoms with Gasteiger partial charge in [-0.15, -0.1) is 0 Å². The number of nitrogens with one attached hydrogen (secondary N) is 2. The van der Waals surface area contributed by atoms with Crippen LogP contribution in [0, 0.1) is 0 Å². The molecule has 2 aromatic carbocycles. The second-order valence-corrected chi connectivity index (χ2v) is 8.78. The highest BCUT2D eigenvalue weighted by Gasteiger charge is 2.29. The topological polar surface area (TPSA) is 114 Å². The molecule has 1 unspecified atom stereocenters. The maximum Gasteiger partial charge on any atom is 0.308 e. The van der Waals surface area contributed by atoms with Crippen LogP contribution in [-0.2, 0) is 30.8 Å². The van der Waals surface area contributed by atoms with Crippen LogP contribution in [0.15, 0.2) is 58.4 Å². The van der Waals surface area contributed by atoms with Crippen molar-refractivity contribution >= 4 is 27.7 Å². The number of esters is 1. The molecule has 9 heteroatoms. The SMILES string of the molecule is CCc1ccc(C(C)NC(=O)COC(=O)CCN=C2NS(=O)(=O)c3ccccc32)cc1. The molecule has 0 aromatic heterocycles. The number of fused-ring (bicyclic) bond motifs is 1. The minimum atomic E-state index is -3.62. The van der Waals surface area contributed by atoms with E-state index >= 15 is 0 Å². The average molecular weight is 444 g/mol. The summed E-state index contributed by atoms with van der Waals surface area (Å²) in [4.78, 5) is 28.3. The standard InChI is InChI=1S/C22H25N3O5S/c1-3-16-8-10-17(11-9-16)15(2)24-20(26)14-30-21(27)12-13-23-22-18-6-4-5-7-19(18)31(28,29)25-22/h4-11,15H,3,12-14H2,1-2H3,(H,23,25)(H,24,26). The van der Waals surface area contributed by atoms with Crippen LogP contribution in [0.2, 0.25) is 0 Å². The van der Waals surface area contributed by atoms with E-state index in [-0.39, 0.29) is 36.3 Å². The number of rotatable bonds is 8. The number of ether oxygens (including phenoxy) is 1. The number of hydrogen-bond acceptors (Lipinski definition) is 6. The molecule has 3 rings (SSSR count). The van der Waals surface area contributed by atoms with Gasteiger partial charge in [0.2, 0.25) is 0 Å². The van der Waals surface area contributed by atoms with Crippen LogP contribution in [0.25, 0.3) is 0 Å². The number of carbonyl (C=O) groups excluding carboxylic acids is 2. The molecule has 2 N–H and O–H groups in total. The summed E-state index contributed by atoms with van der Waals surface area (Å²) in [5.41, 5.74) is 2.65. The Labute approximate surface area is 181 Å². The lowest BCUT2D eigenvalue weighted by Gasteiger charge is -2.14. The zero-order valence-electron chi connectivity index (χ0n) is 17.4. The van der Waals surface area contributed by atoms with Crippen molar-refractivity contribution in [1.29, 1.82) is 0 Å². The first kappa shape index (κ1) is 22.5.